The Kier molecular flexibility index (Phi) is 2.42. The standard InChI is InChI=1S/C3HClF4O/c4-2(9)1(5)3(6,7)8/h1H. The summed E-state index contributed by atoms with van der Waals surface area (Å²) >= 11 is 4.18. The van der Waals surface area contributed by atoms with Gasteiger partial charge >= 0.3 is 6.18 Å². The summed E-state index contributed by atoms with van der Waals surface area (Å²) in [5.74, 6) is 0. The number of hydrogen-bond acceptors (Lipinski definition) is 1. The number of rotatable bonds is 1. The third-order valence-electron chi connectivity index (χ3n) is 0.487. The van der Waals surface area contributed by atoms with Gasteiger partial charge in [0.05, 0.1) is 0 Å². The van der Waals surface area contributed by atoms with Gasteiger partial charge in [-0.1, -0.05) is 0 Å². The smallest absolute Gasteiger partial charge is 0.278 e. The second kappa shape index (κ2) is 2.51. The van der Waals surface area contributed by atoms with E-state index in [0.29, 0.717) is 0 Å². The molecule has 0 fully saturated rings. The van der Waals surface area contributed by atoms with Crippen LogP contribution < -0.4 is 0 Å². The maximum Gasteiger partial charge on any atom is 0.428 e. The minimum Gasteiger partial charge on any atom is -0.278 e. The number of carbonyl (C=O) groups excluding carboxylic acids is 1. The summed E-state index contributed by atoms with van der Waals surface area (Å²) in [5, 5.41) is -2.04. The first-order valence-electron chi connectivity index (χ1n) is 1.76. The highest BCUT2D eigenvalue weighted by Gasteiger charge is 2.44. The van der Waals surface area contributed by atoms with Crippen LogP contribution in [0.2, 0.25) is 0 Å². The van der Waals surface area contributed by atoms with Crippen LogP contribution in [-0.2, 0) is 4.79 Å². The average Bonchev–Trinajstić information content (AvgIpc) is 1.62. The summed E-state index contributed by atoms with van der Waals surface area (Å²) in [7, 11) is 0. The predicted octanol–water partition coefficient (Wildman–Crippen LogP) is 1.65. The molecule has 0 rings (SSSR count). The topological polar surface area (TPSA) is 17.1 Å². The molecule has 0 heterocycles. The van der Waals surface area contributed by atoms with Gasteiger partial charge in [-0.2, -0.15) is 13.2 Å². The summed E-state index contributed by atoms with van der Waals surface area (Å²) in [5.41, 5.74) is 0. The van der Waals surface area contributed by atoms with Crippen LogP contribution in [0.5, 0.6) is 0 Å². The van der Waals surface area contributed by atoms with Crippen molar-refractivity contribution in [3.63, 3.8) is 0 Å². The molecule has 0 amide bonds. The lowest BCUT2D eigenvalue weighted by Gasteiger charge is -2.05. The van der Waals surface area contributed by atoms with Crippen molar-refractivity contribution in [2.75, 3.05) is 0 Å². The van der Waals surface area contributed by atoms with E-state index in [-0.39, 0.29) is 0 Å². The molecule has 1 atom stereocenters. The van der Waals surface area contributed by atoms with Crippen LogP contribution in [0.15, 0.2) is 0 Å². The van der Waals surface area contributed by atoms with Gasteiger partial charge in [0.1, 0.15) is 0 Å². The van der Waals surface area contributed by atoms with Gasteiger partial charge in [0.25, 0.3) is 11.4 Å². The molecule has 1 unspecified atom stereocenters. The van der Waals surface area contributed by atoms with Crippen molar-refractivity contribution in [3.8, 4) is 0 Å². The van der Waals surface area contributed by atoms with E-state index in [1.165, 1.54) is 0 Å². The van der Waals surface area contributed by atoms with Crippen LogP contribution in [0.25, 0.3) is 0 Å². The molecule has 0 aliphatic heterocycles. The Balaban J connectivity index is 4.04. The Labute approximate surface area is 52.6 Å². The molecule has 54 valence electrons. The van der Waals surface area contributed by atoms with Crippen molar-refractivity contribution < 1.29 is 22.4 Å². The molecule has 0 spiro atoms. The van der Waals surface area contributed by atoms with Gasteiger partial charge in [0.2, 0.25) is 0 Å². The summed E-state index contributed by atoms with van der Waals surface area (Å²) < 4.78 is 44.5. The van der Waals surface area contributed by atoms with Gasteiger partial charge in [0.15, 0.2) is 0 Å². The highest BCUT2D eigenvalue weighted by atomic mass is 35.5. The van der Waals surface area contributed by atoms with Crippen LogP contribution in [0.4, 0.5) is 17.6 Å². The number of alkyl halides is 4. The highest BCUT2D eigenvalue weighted by molar-refractivity contribution is 6.64. The van der Waals surface area contributed by atoms with E-state index in [1.807, 2.05) is 0 Å². The van der Waals surface area contributed by atoms with Crippen molar-refractivity contribution in [3.05, 3.63) is 0 Å². The molecule has 0 aromatic heterocycles. The molecule has 0 saturated heterocycles. The van der Waals surface area contributed by atoms with Crippen molar-refractivity contribution in [1.82, 2.24) is 0 Å². The van der Waals surface area contributed by atoms with Gasteiger partial charge in [-0.3, -0.25) is 4.79 Å². The zero-order valence-corrected chi connectivity index (χ0v) is 4.63. The van der Waals surface area contributed by atoms with Crippen LogP contribution >= 0.6 is 11.6 Å². The predicted molar refractivity (Wildman–Crippen MR) is 21.8 cm³/mol. The number of carbonyl (C=O) groups is 1. The van der Waals surface area contributed by atoms with Gasteiger partial charge in [-0.15, -0.1) is 0 Å². The van der Waals surface area contributed by atoms with E-state index >= 15 is 0 Å². The molecular weight excluding hydrogens is 163 g/mol. The molecule has 1 nitrogen and oxygen atoms in total. The van der Waals surface area contributed by atoms with Crippen LogP contribution in [0, 0.1) is 0 Å². The Morgan fingerprint density at radius 2 is 1.78 bits per heavy atom. The van der Waals surface area contributed by atoms with Gasteiger partial charge in [-0.05, 0) is 11.6 Å². The maximum absolute atomic E-state index is 11.4. The lowest BCUT2D eigenvalue weighted by atomic mass is 10.4. The average molecular weight is 164 g/mol. The van der Waals surface area contributed by atoms with E-state index in [2.05, 4.69) is 11.6 Å². The summed E-state index contributed by atoms with van der Waals surface area (Å²) in [6, 6.07) is 0. The number of hydrogen-bond donors (Lipinski definition) is 0. The normalized spacial score (nSPS) is 15.2. The number of halogens is 5. The Morgan fingerprint density at radius 1 is 1.44 bits per heavy atom. The Hall–Kier alpha value is -0.320. The zero-order valence-electron chi connectivity index (χ0n) is 3.88. The highest BCUT2D eigenvalue weighted by Crippen LogP contribution is 2.24. The molecule has 0 N–H and O–H groups in total. The van der Waals surface area contributed by atoms with Crippen molar-refractivity contribution >= 4 is 16.8 Å². The van der Waals surface area contributed by atoms with E-state index < -0.39 is 17.6 Å². The molecule has 0 aliphatic carbocycles. The molecule has 0 saturated carbocycles. The second-order valence-electron chi connectivity index (χ2n) is 1.21. The summed E-state index contributed by atoms with van der Waals surface area (Å²) in [4.78, 5) is 9.46. The fourth-order valence-corrected chi connectivity index (χ4v) is 0.252. The van der Waals surface area contributed by atoms with Gasteiger partial charge < -0.3 is 0 Å². The van der Waals surface area contributed by atoms with Crippen molar-refractivity contribution in [2.24, 2.45) is 0 Å². The fraction of sp³-hybridized carbons (Fsp3) is 0.667. The molecule has 9 heavy (non-hydrogen) atoms. The molecule has 0 aromatic rings. The second-order valence-corrected chi connectivity index (χ2v) is 1.58. The van der Waals surface area contributed by atoms with E-state index in [1.54, 1.807) is 0 Å². The summed E-state index contributed by atoms with van der Waals surface area (Å²) in [6.07, 6.45) is -8.72. The first kappa shape index (κ1) is 8.68. The van der Waals surface area contributed by atoms with E-state index in [9.17, 15) is 22.4 Å². The van der Waals surface area contributed by atoms with Gasteiger partial charge in [-0.25, -0.2) is 4.39 Å². The molecule has 0 radical (unpaired) electrons. The quantitative estimate of drug-likeness (QED) is 0.425. The van der Waals surface area contributed by atoms with Crippen molar-refractivity contribution in [2.45, 2.75) is 12.3 Å². The Morgan fingerprint density at radius 3 is 1.78 bits per heavy atom. The summed E-state index contributed by atoms with van der Waals surface area (Å²) in [6.45, 7) is 0. The maximum atomic E-state index is 11.4. The molecule has 0 aliphatic rings. The van der Waals surface area contributed by atoms with Crippen LogP contribution in [0.1, 0.15) is 0 Å². The monoisotopic (exact) mass is 164 g/mol. The molecular formula is C3HClF4O. The molecule has 0 aromatic carbocycles. The zero-order chi connectivity index (χ0) is 7.65. The third kappa shape index (κ3) is 2.64. The fourth-order valence-electron chi connectivity index (χ4n) is 0.129. The van der Waals surface area contributed by atoms with Crippen LogP contribution in [0.3, 0.4) is 0 Å². The SMILES string of the molecule is O=C(Cl)C(F)C(F)(F)F. The van der Waals surface area contributed by atoms with Gasteiger partial charge in [0, 0.05) is 0 Å². The first-order valence-corrected chi connectivity index (χ1v) is 2.13. The minimum absolute atomic E-state index is 2.04. The lowest BCUT2D eigenvalue weighted by Crippen LogP contribution is -2.29. The molecule has 0 bridgehead atoms. The first-order chi connectivity index (χ1) is 3.85. The van der Waals surface area contributed by atoms with Crippen molar-refractivity contribution in [1.29, 1.82) is 0 Å². The van der Waals surface area contributed by atoms with E-state index in [0.717, 1.165) is 0 Å². The van der Waals surface area contributed by atoms with E-state index in [4.69, 9.17) is 0 Å². The Bertz CT molecular complexity index is 119. The minimum atomic E-state index is -5.17. The molecule has 6 heteroatoms. The third-order valence-corrected chi connectivity index (χ3v) is 0.678. The lowest BCUT2D eigenvalue weighted by molar-refractivity contribution is -0.181. The largest absolute Gasteiger partial charge is 0.428 e. The van der Waals surface area contributed by atoms with Crippen LogP contribution in [-0.4, -0.2) is 17.6 Å².